The van der Waals surface area contributed by atoms with Crippen LogP contribution in [0.1, 0.15) is 11.1 Å². The number of rotatable bonds is 6. The van der Waals surface area contributed by atoms with Crippen LogP contribution in [0.3, 0.4) is 0 Å². The molecule has 0 fully saturated rings. The summed E-state index contributed by atoms with van der Waals surface area (Å²) < 4.78 is 48.6. The topological polar surface area (TPSA) is 176 Å². The van der Waals surface area contributed by atoms with Crippen LogP contribution in [0.25, 0.3) is 11.3 Å². The molecule has 5 rings (SSSR count). The van der Waals surface area contributed by atoms with Gasteiger partial charge in [-0.25, -0.2) is 13.1 Å². The summed E-state index contributed by atoms with van der Waals surface area (Å²) in [5.41, 5.74) is 0.370. The lowest BCUT2D eigenvalue weighted by atomic mass is 10.1. The van der Waals surface area contributed by atoms with Gasteiger partial charge in [0, 0.05) is 22.2 Å². The molecule has 4 N–H and O–H groups in total. The molecule has 0 saturated carbocycles. The Labute approximate surface area is 208 Å². The molecule has 1 aliphatic rings. The van der Waals surface area contributed by atoms with Crippen molar-refractivity contribution in [1.82, 2.24) is 9.78 Å². The van der Waals surface area contributed by atoms with Crippen molar-refractivity contribution >= 4 is 51.4 Å². The molecule has 0 spiro atoms. The van der Waals surface area contributed by atoms with E-state index in [0.717, 1.165) is 10.9 Å². The molecule has 1 unspecified atom stereocenters. The van der Waals surface area contributed by atoms with Gasteiger partial charge in [-0.2, -0.15) is 21.2 Å². The average molecular weight is 548 g/mol. The summed E-state index contributed by atoms with van der Waals surface area (Å²) in [6.07, 6.45) is 3.84. The Hall–Kier alpha value is -3.71. The number of aromatic nitrogens is 2. The van der Waals surface area contributed by atoms with Crippen molar-refractivity contribution in [3.8, 4) is 17.0 Å². The van der Waals surface area contributed by atoms with E-state index in [0.29, 0.717) is 11.1 Å². The highest BCUT2D eigenvalue weighted by atomic mass is 32.2. The molecule has 0 bridgehead atoms. The number of sulfonamides is 1. The molecular formula is C21H18N5O7PS2. The van der Waals surface area contributed by atoms with Crippen LogP contribution in [0, 0.1) is 0 Å². The molecular weight excluding hydrogens is 529 g/mol. The number of anilines is 2. The van der Waals surface area contributed by atoms with Crippen molar-refractivity contribution in [3.63, 3.8) is 0 Å². The molecule has 1 aromatic carbocycles. The fourth-order valence-corrected chi connectivity index (χ4v) is 6.12. The highest BCUT2D eigenvalue weighted by molar-refractivity contribution is 7.92. The van der Waals surface area contributed by atoms with Gasteiger partial charge in [0.1, 0.15) is 11.3 Å². The molecule has 3 aromatic heterocycles. The lowest BCUT2D eigenvalue weighted by Crippen LogP contribution is -2.34. The molecule has 0 radical (unpaired) electrons. The monoisotopic (exact) mass is 547 g/mol. The van der Waals surface area contributed by atoms with E-state index in [1.807, 2.05) is 0 Å². The van der Waals surface area contributed by atoms with E-state index in [-0.39, 0.29) is 40.3 Å². The molecule has 15 heteroatoms. The first kappa shape index (κ1) is 24.0. The van der Waals surface area contributed by atoms with Gasteiger partial charge < -0.3 is 19.7 Å². The van der Waals surface area contributed by atoms with E-state index >= 15 is 0 Å². The largest absolute Gasteiger partial charge is 0.505 e. The molecule has 186 valence electrons. The van der Waals surface area contributed by atoms with Gasteiger partial charge in [0.2, 0.25) is 10.0 Å². The number of aromatic hydroxyl groups is 1. The maximum absolute atomic E-state index is 13.4. The van der Waals surface area contributed by atoms with Gasteiger partial charge in [-0.15, -0.1) is 0 Å². The van der Waals surface area contributed by atoms with Crippen molar-refractivity contribution in [3.05, 3.63) is 75.1 Å². The summed E-state index contributed by atoms with van der Waals surface area (Å²) in [4.78, 5) is 24.1. The summed E-state index contributed by atoms with van der Waals surface area (Å²) in [6, 6.07) is 7.31. The SMILES string of the molecule is CS(=O)(=O)Nc1ccc2c(c1)P(=O)(O)N=C(c1c(O)c(-c3ccsc3)nn(Cc3ccoc3)c1=O)N2. The Kier molecular flexibility index (Phi) is 5.83. The van der Waals surface area contributed by atoms with Crippen molar-refractivity contribution in [2.24, 2.45) is 4.76 Å². The van der Waals surface area contributed by atoms with Gasteiger partial charge in [0.15, 0.2) is 11.6 Å². The van der Waals surface area contributed by atoms with Gasteiger partial charge in [0.25, 0.3) is 5.56 Å². The minimum absolute atomic E-state index is 0.0148. The number of fused-ring (bicyclic) bond motifs is 1. The van der Waals surface area contributed by atoms with Crippen LogP contribution >= 0.6 is 18.9 Å². The summed E-state index contributed by atoms with van der Waals surface area (Å²) in [6.45, 7) is 0.0148. The number of hydrogen-bond donors (Lipinski definition) is 4. The smallest absolute Gasteiger partial charge is 0.346 e. The number of thiophene rings is 1. The van der Waals surface area contributed by atoms with E-state index in [2.05, 4.69) is 19.9 Å². The maximum Gasteiger partial charge on any atom is 0.346 e. The third-order valence-electron chi connectivity index (χ3n) is 5.18. The van der Waals surface area contributed by atoms with Gasteiger partial charge >= 0.3 is 7.52 Å². The summed E-state index contributed by atoms with van der Waals surface area (Å²) in [5, 5.41) is 21.6. The minimum Gasteiger partial charge on any atom is -0.505 e. The Balaban J connectivity index is 1.66. The highest BCUT2D eigenvalue weighted by Gasteiger charge is 2.34. The Morgan fingerprint density at radius 2 is 2.08 bits per heavy atom. The molecule has 0 saturated heterocycles. The summed E-state index contributed by atoms with van der Waals surface area (Å²) in [7, 11) is -8.11. The maximum atomic E-state index is 13.4. The number of amidine groups is 1. The number of nitrogens with zero attached hydrogens (tertiary/aromatic N) is 3. The van der Waals surface area contributed by atoms with Crippen molar-refractivity contribution in [2.45, 2.75) is 6.54 Å². The number of benzene rings is 1. The zero-order chi connectivity index (χ0) is 25.7. The normalized spacial score (nSPS) is 17.2. The Bertz CT molecular complexity index is 1710. The predicted octanol–water partition coefficient (Wildman–Crippen LogP) is 2.37. The van der Waals surface area contributed by atoms with Crippen LogP contribution in [-0.4, -0.2) is 40.3 Å². The third-order valence-corrected chi connectivity index (χ3v) is 7.94. The predicted molar refractivity (Wildman–Crippen MR) is 136 cm³/mol. The van der Waals surface area contributed by atoms with Crippen LogP contribution in [0.15, 0.2) is 67.6 Å². The highest BCUT2D eigenvalue weighted by Crippen LogP contribution is 2.47. The van der Waals surface area contributed by atoms with Gasteiger partial charge in [0.05, 0.1) is 36.3 Å². The van der Waals surface area contributed by atoms with Crippen molar-refractivity contribution in [2.75, 3.05) is 16.3 Å². The second-order valence-electron chi connectivity index (χ2n) is 7.90. The Morgan fingerprint density at radius 3 is 2.75 bits per heavy atom. The van der Waals surface area contributed by atoms with Crippen LogP contribution in [0.5, 0.6) is 5.75 Å². The fraction of sp³-hybridized carbons (Fsp3) is 0.0952. The Morgan fingerprint density at radius 1 is 1.28 bits per heavy atom. The first-order chi connectivity index (χ1) is 17.0. The van der Waals surface area contributed by atoms with Crippen LogP contribution in [-0.2, 0) is 21.1 Å². The summed E-state index contributed by atoms with van der Waals surface area (Å²) in [5.74, 6) is -0.827. The van der Waals surface area contributed by atoms with E-state index in [9.17, 15) is 27.8 Å². The van der Waals surface area contributed by atoms with Gasteiger partial charge in [-0.3, -0.25) is 14.1 Å². The van der Waals surface area contributed by atoms with Crippen molar-refractivity contribution < 1.29 is 27.4 Å². The quantitative estimate of drug-likeness (QED) is 0.264. The van der Waals surface area contributed by atoms with Crippen LogP contribution in [0.2, 0.25) is 0 Å². The zero-order valence-electron chi connectivity index (χ0n) is 18.4. The van der Waals surface area contributed by atoms with E-state index < -0.39 is 28.9 Å². The molecule has 1 atom stereocenters. The van der Waals surface area contributed by atoms with Gasteiger partial charge in [-0.1, -0.05) is 0 Å². The average Bonchev–Trinajstić information content (AvgIpc) is 3.49. The lowest BCUT2D eigenvalue weighted by Gasteiger charge is -2.23. The van der Waals surface area contributed by atoms with Crippen molar-refractivity contribution in [1.29, 1.82) is 0 Å². The molecule has 12 nitrogen and oxygen atoms in total. The molecule has 1 aliphatic heterocycles. The number of hydrogen-bond acceptors (Lipinski definition) is 9. The summed E-state index contributed by atoms with van der Waals surface area (Å²) >= 11 is 1.36. The molecule has 4 heterocycles. The van der Waals surface area contributed by atoms with E-state index in [1.165, 1.54) is 42.1 Å². The third kappa shape index (κ3) is 4.58. The molecule has 4 aromatic rings. The molecule has 0 aliphatic carbocycles. The van der Waals surface area contributed by atoms with Crippen LogP contribution < -0.4 is 20.9 Å². The second-order valence-corrected chi connectivity index (χ2v) is 12.2. The fourth-order valence-electron chi connectivity index (χ4n) is 3.64. The number of furan rings is 1. The van der Waals surface area contributed by atoms with E-state index in [4.69, 9.17) is 4.42 Å². The lowest BCUT2D eigenvalue weighted by molar-refractivity contribution is 0.463. The number of nitrogens with one attached hydrogen (secondary N) is 2. The minimum atomic E-state index is -4.48. The van der Waals surface area contributed by atoms with Gasteiger partial charge in [-0.05, 0) is 35.7 Å². The first-order valence-electron chi connectivity index (χ1n) is 10.2. The van der Waals surface area contributed by atoms with Crippen LogP contribution in [0.4, 0.5) is 11.4 Å². The standard InChI is InChI=1S/C21H18N5O7PS2/c1-36(31,32)25-14-2-3-15-16(8-14)34(29,30)24-20(22-15)17-19(27)18(13-5-7-35-11-13)23-26(21(17)28)9-12-4-6-33-10-12/h2-8,10-11,25,27H,9H2,1H3,(H2,22,24,29,30). The molecule has 36 heavy (non-hydrogen) atoms. The molecule has 0 amide bonds. The second kappa shape index (κ2) is 8.75. The van der Waals surface area contributed by atoms with E-state index in [1.54, 1.807) is 22.9 Å². The first-order valence-corrected chi connectivity index (χ1v) is 14.7. The zero-order valence-corrected chi connectivity index (χ0v) is 21.0.